The van der Waals surface area contributed by atoms with Crippen LogP contribution in [0.2, 0.25) is 0 Å². The van der Waals surface area contributed by atoms with Crippen LogP contribution in [0.5, 0.6) is 0 Å². The van der Waals surface area contributed by atoms with Crippen molar-refractivity contribution in [2.75, 3.05) is 0 Å². The van der Waals surface area contributed by atoms with E-state index >= 15 is 0 Å². The van der Waals surface area contributed by atoms with Crippen molar-refractivity contribution in [3.63, 3.8) is 0 Å². The Morgan fingerprint density at radius 1 is 1.35 bits per heavy atom. The molecule has 7 heteroatoms. The van der Waals surface area contributed by atoms with E-state index in [1.54, 1.807) is 24.3 Å². The van der Waals surface area contributed by atoms with Gasteiger partial charge in [-0.15, -0.1) is 0 Å². The highest BCUT2D eigenvalue weighted by atomic mass is 31.2. The van der Waals surface area contributed by atoms with Crippen LogP contribution >= 0.6 is 7.60 Å². The monoisotopic (exact) mass is 259 g/mol. The van der Waals surface area contributed by atoms with E-state index in [4.69, 9.17) is 20.6 Å². The first-order valence-corrected chi connectivity index (χ1v) is 6.68. The van der Waals surface area contributed by atoms with Gasteiger partial charge in [-0.05, 0) is 17.5 Å². The van der Waals surface area contributed by atoms with Gasteiger partial charge in [-0.2, -0.15) is 0 Å². The molecule has 1 aromatic carbocycles. The van der Waals surface area contributed by atoms with Crippen LogP contribution in [0.1, 0.15) is 11.1 Å². The van der Waals surface area contributed by atoms with Crippen molar-refractivity contribution < 1.29 is 24.3 Å². The van der Waals surface area contributed by atoms with Gasteiger partial charge >= 0.3 is 13.6 Å². The Hall–Kier alpha value is -1.20. The van der Waals surface area contributed by atoms with Gasteiger partial charge in [0.1, 0.15) is 6.04 Å². The summed E-state index contributed by atoms with van der Waals surface area (Å²) in [5.74, 6) is -1.11. The normalized spacial score (nSPS) is 13.4. The lowest BCUT2D eigenvalue weighted by Gasteiger charge is -2.09. The lowest BCUT2D eigenvalue weighted by molar-refractivity contribution is -0.138. The number of benzene rings is 1. The Bertz CT molecular complexity index is 456. The van der Waals surface area contributed by atoms with Gasteiger partial charge in [-0.25, -0.2) is 0 Å². The van der Waals surface area contributed by atoms with Gasteiger partial charge in [0.2, 0.25) is 0 Å². The lowest BCUT2D eigenvalue weighted by Crippen LogP contribution is -2.32. The van der Waals surface area contributed by atoms with Gasteiger partial charge < -0.3 is 20.6 Å². The highest BCUT2D eigenvalue weighted by molar-refractivity contribution is 7.50. The molecule has 1 aromatic rings. The Morgan fingerprint density at radius 3 is 2.47 bits per heavy atom. The molecule has 6 nitrogen and oxygen atoms in total. The third-order valence-electron chi connectivity index (χ3n) is 2.15. The van der Waals surface area contributed by atoms with Crippen LogP contribution in [0.15, 0.2) is 24.3 Å². The second-order valence-corrected chi connectivity index (χ2v) is 5.44. The molecule has 0 aliphatic carbocycles. The summed E-state index contributed by atoms with van der Waals surface area (Å²) >= 11 is 0. The predicted molar refractivity (Wildman–Crippen MR) is 61.5 cm³/mol. The van der Waals surface area contributed by atoms with Gasteiger partial charge in [-0.1, -0.05) is 24.3 Å². The summed E-state index contributed by atoms with van der Waals surface area (Å²) in [6, 6.07) is 5.41. The topological polar surface area (TPSA) is 121 Å². The molecule has 0 aromatic heterocycles. The Kier molecular flexibility index (Phi) is 4.42. The summed E-state index contributed by atoms with van der Waals surface area (Å²) in [7, 11) is -4.11. The van der Waals surface area contributed by atoms with Crippen molar-refractivity contribution in [2.24, 2.45) is 5.73 Å². The fourth-order valence-corrected chi connectivity index (χ4v) is 2.11. The van der Waals surface area contributed by atoms with E-state index in [1.807, 2.05) is 0 Å². The largest absolute Gasteiger partial charge is 0.480 e. The first-order chi connectivity index (χ1) is 7.78. The number of carboxylic acid groups (broad SMARTS) is 1. The number of carboxylic acids is 1. The molecule has 0 amide bonds. The van der Waals surface area contributed by atoms with E-state index in [-0.39, 0.29) is 12.6 Å². The molecule has 94 valence electrons. The van der Waals surface area contributed by atoms with Crippen LogP contribution in [0, 0.1) is 0 Å². The summed E-state index contributed by atoms with van der Waals surface area (Å²) in [5.41, 5.74) is 6.48. The van der Waals surface area contributed by atoms with Crippen LogP contribution in [0.3, 0.4) is 0 Å². The smallest absolute Gasteiger partial charge is 0.329 e. The molecule has 0 unspecified atom stereocenters. The van der Waals surface area contributed by atoms with E-state index in [2.05, 4.69) is 0 Å². The fourth-order valence-electron chi connectivity index (χ4n) is 1.43. The van der Waals surface area contributed by atoms with Gasteiger partial charge in [0.25, 0.3) is 0 Å². The summed E-state index contributed by atoms with van der Waals surface area (Å²) in [5, 5.41) is 8.65. The Balaban J connectivity index is 2.79. The minimum atomic E-state index is -4.11. The number of carbonyl (C=O) groups is 1. The maximum atomic E-state index is 10.8. The molecule has 0 bridgehead atoms. The quantitative estimate of drug-likeness (QED) is 0.565. The number of rotatable bonds is 5. The zero-order valence-corrected chi connectivity index (χ0v) is 9.88. The molecule has 0 saturated carbocycles. The molecule has 0 heterocycles. The molecule has 0 aliphatic rings. The number of hydrogen-bond acceptors (Lipinski definition) is 3. The van der Waals surface area contributed by atoms with Crippen LogP contribution in [-0.2, 0) is 21.9 Å². The van der Waals surface area contributed by atoms with Gasteiger partial charge in [0, 0.05) is 0 Å². The fraction of sp³-hybridized carbons (Fsp3) is 0.300. The molecule has 0 fully saturated rings. The average Bonchev–Trinajstić information content (AvgIpc) is 2.15. The van der Waals surface area contributed by atoms with Crippen molar-refractivity contribution in [1.82, 2.24) is 0 Å². The third-order valence-corrected chi connectivity index (χ3v) is 2.93. The van der Waals surface area contributed by atoms with Crippen LogP contribution in [-0.4, -0.2) is 26.9 Å². The van der Waals surface area contributed by atoms with E-state index in [0.29, 0.717) is 11.1 Å². The summed E-state index contributed by atoms with van der Waals surface area (Å²) in [6.07, 6.45) is -0.229. The van der Waals surface area contributed by atoms with E-state index in [9.17, 15) is 9.36 Å². The summed E-state index contributed by atoms with van der Waals surface area (Å²) < 4.78 is 10.8. The Labute approximate surface area is 98.2 Å². The Morgan fingerprint density at radius 2 is 1.94 bits per heavy atom. The molecule has 0 saturated heterocycles. The molecular formula is C10H14NO5P. The summed E-state index contributed by atoms with van der Waals surface area (Å²) in [4.78, 5) is 28.2. The van der Waals surface area contributed by atoms with Gasteiger partial charge in [0.05, 0.1) is 6.16 Å². The minimum absolute atomic E-state index is 0.129. The lowest BCUT2D eigenvalue weighted by atomic mass is 10.0. The molecule has 1 atom stereocenters. The van der Waals surface area contributed by atoms with Crippen LogP contribution < -0.4 is 5.73 Å². The zero-order valence-electron chi connectivity index (χ0n) is 8.98. The molecule has 5 N–H and O–H groups in total. The van der Waals surface area contributed by atoms with E-state index < -0.39 is 19.6 Å². The first kappa shape index (κ1) is 13.9. The molecule has 1 rings (SSSR count). The molecular weight excluding hydrogens is 245 g/mol. The second kappa shape index (κ2) is 5.42. The average molecular weight is 259 g/mol. The highest BCUT2D eigenvalue weighted by Gasteiger charge is 2.15. The summed E-state index contributed by atoms with van der Waals surface area (Å²) in [6.45, 7) is 0. The van der Waals surface area contributed by atoms with Crippen LogP contribution in [0.4, 0.5) is 0 Å². The van der Waals surface area contributed by atoms with E-state index in [0.717, 1.165) is 0 Å². The van der Waals surface area contributed by atoms with Crippen molar-refractivity contribution in [2.45, 2.75) is 18.6 Å². The molecule has 0 radical (unpaired) electrons. The predicted octanol–water partition coefficient (Wildman–Crippen LogP) is 0.319. The number of aliphatic carboxylic acids is 1. The van der Waals surface area contributed by atoms with Crippen molar-refractivity contribution >= 4 is 13.6 Å². The van der Waals surface area contributed by atoms with Crippen LogP contribution in [0.25, 0.3) is 0 Å². The minimum Gasteiger partial charge on any atom is -0.480 e. The standard InChI is InChI=1S/C10H14NO5P/c11-9(10(12)13)5-7-2-1-3-8(4-7)6-17(14,15)16/h1-4,9H,5-6,11H2,(H,12,13)(H2,14,15,16)/t9-/m1/s1. The SMILES string of the molecule is N[C@H](Cc1cccc(CP(=O)(O)O)c1)C(=O)O. The van der Waals surface area contributed by atoms with Crippen molar-refractivity contribution in [1.29, 1.82) is 0 Å². The third kappa shape index (κ3) is 5.10. The number of nitrogens with two attached hydrogens (primary N) is 1. The van der Waals surface area contributed by atoms with Gasteiger partial charge in [0.15, 0.2) is 0 Å². The zero-order chi connectivity index (χ0) is 13.1. The van der Waals surface area contributed by atoms with Crippen molar-refractivity contribution in [3.8, 4) is 0 Å². The maximum absolute atomic E-state index is 10.8. The van der Waals surface area contributed by atoms with Gasteiger partial charge in [-0.3, -0.25) is 9.36 Å². The first-order valence-electron chi connectivity index (χ1n) is 4.89. The molecule has 17 heavy (non-hydrogen) atoms. The van der Waals surface area contributed by atoms with E-state index in [1.165, 1.54) is 0 Å². The number of hydrogen-bond donors (Lipinski definition) is 4. The maximum Gasteiger partial charge on any atom is 0.329 e. The van der Waals surface area contributed by atoms with Crippen molar-refractivity contribution in [3.05, 3.63) is 35.4 Å². The molecule has 0 aliphatic heterocycles. The highest BCUT2D eigenvalue weighted by Crippen LogP contribution is 2.39. The molecule has 0 spiro atoms. The second-order valence-electron chi connectivity index (χ2n) is 3.79.